The van der Waals surface area contributed by atoms with Gasteiger partial charge in [-0.15, -0.1) is 0 Å². The first kappa shape index (κ1) is 32.1. The van der Waals surface area contributed by atoms with Crippen LogP contribution in [0.1, 0.15) is 125 Å². The van der Waals surface area contributed by atoms with Gasteiger partial charge in [0.25, 0.3) is 0 Å². The highest BCUT2D eigenvalue weighted by molar-refractivity contribution is 5.67. The molecule has 4 aliphatic rings. The van der Waals surface area contributed by atoms with Gasteiger partial charge < -0.3 is 20.7 Å². The molecule has 1 unspecified atom stereocenters. The summed E-state index contributed by atoms with van der Waals surface area (Å²) in [6.45, 7) is 15.8. The van der Waals surface area contributed by atoms with Crippen molar-refractivity contribution < 1.29 is 9.53 Å². The molecule has 0 bridgehead atoms. The molecular weight excluding hydrogens is 494 g/mol. The first-order valence-corrected chi connectivity index (χ1v) is 17.4. The molecule has 1 amide bonds. The summed E-state index contributed by atoms with van der Waals surface area (Å²) in [6, 6.07) is 0.260. The third-order valence-electron chi connectivity index (χ3n) is 12.9. The lowest BCUT2D eigenvalue weighted by atomic mass is 9.43. The smallest absolute Gasteiger partial charge is 0.407 e. The average molecular weight is 560 g/mol. The number of carbonyl (C=O) groups is 1. The Bertz CT molecular complexity index is 804. The van der Waals surface area contributed by atoms with Gasteiger partial charge in [-0.1, -0.05) is 60.3 Å². The zero-order valence-electron chi connectivity index (χ0n) is 27.2. The molecule has 0 saturated heterocycles. The van der Waals surface area contributed by atoms with E-state index in [0.29, 0.717) is 12.0 Å². The molecule has 40 heavy (non-hydrogen) atoms. The van der Waals surface area contributed by atoms with E-state index in [9.17, 15) is 4.79 Å². The van der Waals surface area contributed by atoms with Crippen LogP contribution in [0.3, 0.4) is 0 Å². The van der Waals surface area contributed by atoms with Crippen molar-refractivity contribution in [2.75, 3.05) is 33.3 Å². The zero-order valence-corrected chi connectivity index (χ0v) is 27.2. The first-order valence-electron chi connectivity index (χ1n) is 17.4. The number of hydrogen-bond acceptors (Lipinski definition) is 4. The summed E-state index contributed by atoms with van der Waals surface area (Å²) < 4.78 is 5.73. The van der Waals surface area contributed by atoms with Gasteiger partial charge in [-0.3, -0.25) is 0 Å². The van der Waals surface area contributed by atoms with Gasteiger partial charge in [0.2, 0.25) is 0 Å². The highest BCUT2D eigenvalue weighted by Crippen LogP contribution is 2.68. The number of ether oxygens (including phenoxy) is 1. The molecule has 3 N–H and O–H groups in total. The lowest BCUT2D eigenvalue weighted by Crippen LogP contribution is -2.61. The molecule has 0 heterocycles. The molecule has 5 heteroatoms. The molecule has 0 spiro atoms. The minimum Gasteiger partial charge on any atom is -0.450 e. The van der Waals surface area contributed by atoms with E-state index in [-0.39, 0.29) is 17.6 Å². The highest BCUT2D eigenvalue weighted by Gasteiger charge is 2.62. The van der Waals surface area contributed by atoms with E-state index in [2.05, 4.69) is 51.9 Å². The lowest BCUT2D eigenvalue weighted by Gasteiger charge is -2.63. The van der Waals surface area contributed by atoms with Crippen LogP contribution in [-0.4, -0.2) is 50.3 Å². The molecule has 9 atom stereocenters. The van der Waals surface area contributed by atoms with E-state index in [4.69, 9.17) is 10.5 Å². The molecule has 4 aliphatic carbocycles. The molecule has 4 fully saturated rings. The van der Waals surface area contributed by atoms with Gasteiger partial charge in [-0.2, -0.15) is 0 Å². The number of carbonyl (C=O) groups excluding carboxylic acids is 1. The Morgan fingerprint density at radius 3 is 2.48 bits per heavy atom. The highest BCUT2D eigenvalue weighted by atomic mass is 16.5. The minimum atomic E-state index is -0.185. The number of fused-ring (bicyclic) bond motifs is 5. The number of rotatable bonds is 13. The Kier molecular flexibility index (Phi) is 11.3. The number of nitrogens with zero attached hydrogens (tertiary/aromatic N) is 1. The van der Waals surface area contributed by atoms with E-state index in [1.54, 1.807) is 0 Å². The predicted molar refractivity (Wildman–Crippen MR) is 167 cm³/mol. The van der Waals surface area contributed by atoms with E-state index in [1.807, 2.05) is 0 Å². The van der Waals surface area contributed by atoms with Crippen molar-refractivity contribution in [1.29, 1.82) is 0 Å². The third-order valence-corrected chi connectivity index (χ3v) is 12.9. The molecule has 4 rings (SSSR count). The molecule has 0 aromatic carbocycles. The Morgan fingerprint density at radius 2 is 1.73 bits per heavy atom. The van der Waals surface area contributed by atoms with Gasteiger partial charge >= 0.3 is 6.09 Å². The van der Waals surface area contributed by atoms with Gasteiger partial charge in [-0.05, 0) is 137 Å². The number of hydrogen-bond donors (Lipinski definition) is 2. The number of alkyl carbamates (subject to hydrolysis) is 1. The summed E-state index contributed by atoms with van der Waals surface area (Å²) in [5.41, 5.74) is 6.36. The Hall–Kier alpha value is -0.810. The monoisotopic (exact) mass is 560 g/mol. The van der Waals surface area contributed by atoms with E-state index in [1.165, 1.54) is 70.6 Å². The van der Waals surface area contributed by atoms with Crippen molar-refractivity contribution >= 4 is 6.09 Å². The zero-order chi connectivity index (χ0) is 28.9. The molecule has 0 radical (unpaired) electrons. The molecule has 0 aromatic heterocycles. The molecule has 4 saturated carbocycles. The van der Waals surface area contributed by atoms with Crippen LogP contribution in [-0.2, 0) is 4.74 Å². The van der Waals surface area contributed by atoms with Gasteiger partial charge in [0.1, 0.15) is 0 Å². The van der Waals surface area contributed by atoms with Gasteiger partial charge in [0, 0.05) is 12.6 Å². The van der Waals surface area contributed by atoms with E-state index >= 15 is 0 Å². The number of amides is 1. The lowest BCUT2D eigenvalue weighted by molar-refractivity contribution is -0.126. The number of nitrogens with two attached hydrogens (primary N) is 1. The fourth-order valence-electron chi connectivity index (χ4n) is 10.8. The normalized spacial score (nSPS) is 38.0. The minimum absolute atomic E-state index is 0.185. The van der Waals surface area contributed by atoms with Gasteiger partial charge in [0.15, 0.2) is 0 Å². The summed E-state index contributed by atoms with van der Waals surface area (Å²) >= 11 is 0. The second-order valence-corrected chi connectivity index (χ2v) is 15.6. The van der Waals surface area contributed by atoms with Crippen LogP contribution >= 0.6 is 0 Å². The van der Waals surface area contributed by atoms with Crippen LogP contribution in [0, 0.1) is 52.3 Å². The van der Waals surface area contributed by atoms with Crippen molar-refractivity contribution in [3.8, 4) is 0 Å². The van der Waals surface area contributed by atoms with Crippen LogP contribution in [0.25, 0.3) is 0 Å². The quantitative estimate of drug-likeness (QED) is 0.225. The molecule has 232 valence electrons. The fraction of sp³-hybridized carbons (Fsp3) is 0.971. The summed E-state index contributed by atoms with van der Waals surface area (Å²) in [4.78, 5) is 15.3. The predicted octanol–water partition coefficient (Wildman–Crippen LogP) is 7.87. The van der Waals surface area contributed by atoms with Crippen molar-refractivity contribution in [1.82, 2.24) is 10.2 Å². The van der Waals surface area contributed by atoms with Crippen molar-refractivity contribution in [2.24, 2.45) is 58.0 Å². The van der Waals surface area contributed by atoms with Crippen molar-refractivity contribution in [3.05, 3.63) is 0 Å². The Morgan fingerprint density at radius 1 is 0.950 bits per heavy atom. The summed E-state index contributed by atoms with van der Waals surface area (Å²) in [5.74, 6) is 5.81. The standard InChI is InChI=1S/C35H65N3O2/c1-25(2)11-7-12-26(3)29-17-18-30-28-16-15-27-13-8-14-32(35(27,5)31(28)19-20-34(29,30)4)37-33(39)40-24-10-23-38(6)22-9-21-36/h25-32H,7-24,36H2,1-6H3,(H,37,39)/t26-,27+,28+,29-,30-,31-,32?,34+,35-/m0/s1. The fourth-order valence-corrected chi connectivity index (χ4v) is 10.8. The SMILES string of the molecule is CC(C)CCC[C@H](C)[C@@H]1CC[C@H]2[C@H]3CC[C@H]4CCCC(NC(=O)OCCCN(C)CCCN)[C@]4(C)[C@H]3CC[C@@]21C. The van der Waals surface area contributed by atoms with Crippen LogP contribution in [0.5, 0.6) is 0 Å². The van der Waals surface area contributed by atoms with Crippen LogP contribution in [0.15, 0.2) is 0 Å². The van der Waals surface area contributed by atoms with Crippen molar-refractivity contribution in [2.45, 2.75) is 131 Å². The van der Waals surface area contributed by atoms with Crippen LogP contribution < -0.4 is 11.1 Å². The maximum atomic E-state index is 13.0. The van der Waals surface area contributed by atoms with Gasteiger partial charge in [-0.25, -0.2) is 4.79 Å². The van der Waals surface area contributed by atoms with E-state index < -0.39 is 0 Å². The Labute approximate surface area is 247 Å². The summed E-state index contributed by atoms with van der Waals surface area (Å²) in [5, 5.41) is 3.45. The molecule has 0 aromatic rings. The van der Waals surface area contributed by atoms with Crippen LogP contribution in [0.4, 0.5) is 4.79 Å². The largest absolute Gasteiger partial charge is 0.450 e. The average Bonchev–Trinajstić information content (AvgIpc) is 3.27. The maximum Gasteiger partial charge on any atom is 0.407 e. The van der Waals surface area contributed by atoms with Gasteiger partial charge in [0.05, 0.1) is 6.61 Å². The molecule has 5 nitrogen and oxygen atoms in total. The second-order valence-electron chi connectivity index (χ2n) is 15.6. The summed E-state index contributed by atoms with van der Waals surface area (Å²) in [6.07, 6.45) is 18.0. The van der Waals surface area contributed by atoms with Crippen LogP contribution in [0.2, 0.25) is 0 Å². The van der Waals surface area contributed by atoms with E-state index in [0.717, 1.165) is 80.3 Å². The Balaban J connectivity index is 1.36. The first-order chi connectivity index (χ1) is 19.1. The third kappa shape index (κ3) is 6.87. The molecule has 0 aliphatic heterocycles. The topological polar surface area (TPSA) is 67.6 Å². The van der Waals surface area contributed by atoms with Crippen molar-refractivity contribution in [3.63, 3.8) is 0 Å². The number of nitrogens with one attached hydrogen (secondary N) is 1. The molecular formula is C35H65N3O2. The summed E-state index contributed by atoms with van der Waals surface area (Å²) in [7, 11) is 2.12. The second kappa shape index (κ2) is 14.1. The maximum absolute atomic E-state index is 13.0.